The molecule has 0 bridgehead atoms. The van der Waals surface area contributed by atoms with Crippen LogP contribution in [0.5, 0.6) is 0 Å². The Morgan fingerprint density at radius 2 is 0.614 bits per heavy atom. The first-order chi connectivity index (χ1) is 21.8. The lowest BCUT2D eigenvalue weighted by molar-refractivity contribution is 1.68. The monoisotopic (exact) mass is 554 g/mol. The number of hydrogen-bond acceptors (Lipinski definition) is 0. The van der Waals surface area contributed by atoms with Crippen LogP contribution >= 0.6 is 0 Å². The van der Waals surface area contributed by atoms with E-state index in [0.717, 1.165) is 0 Å². The molecule has 0 fully saturated rings. The second-order valence-electron chi connectivity index (χ2n) is 12.2. The van der Waals surface area contributed by atoms with Gasteiger partial charge in [0.15, 0.2) is 0 Å². The standard InChI is InChI=1S/C44H26/c1-2-5-32-22-33(13-8-27(32)4-1)34-14-9-28-18-21-40-39(41(28)25-34)20-19-29-10-15-35(26-42(29)40)38-23-36-16-11-30-6-3-7-31-12-17-37(24-38)44(36)43(30)31/h1-26H. The highest BCUT2D eigenvalue weighted by atomic mass is 14.2. The van der Waals surface area contributed by atoms with Crippen LogP contribution in [0.2, 0.25) is 0 Å². The van der Waals surface area contributed by atoms with E-state index in [0.29, 0.717) is 0 Å². The molecule has 0 heterocycles. The average Bonchev–Trinajstić information content (AvgIpc) is 3.09. The zero-order valence-electron chi connectivity index (χ0n) is 24.0. The zero-order chi connectivity index (χ0) is 28.8. The largest absolute Gasteiger partial charge is 0.0616 e. The van der Waals surface area contributed by atoms with E-state index in [1.807, 2.05) is 0 Å². The van der Waals surface area contributed by atoms with E-state index in [2.05, 4.69) is 158 Å². The predicted molar refractivity (Wildman–Crippen MR) is 191 cm³/mol. The van der Waals surface area contributed by atoms with Crippen LogP contribution in [-0.2, 0) is 0 Å². The molecule has 0 saturated heterocycles. The van der Waals surface area contributed by atoms with E-state index in [1.54, 1.807) is 0 Å². The molecular formula is C44H26. The van der Waals surface area contributed by atoms with Crippen molar-refractivity contribution >= 4 is 75.4 Å². The van der Waals surface area contributed by atoms with Crippen LogP contribution < -0.4 is 0 Å². The summed E-state index contributed by atoms with van der Waals surface area (Å²) in [4.78, 5) is 0. The second kappa shape index (κ2) is 8.89. The molecular weight excluding hydrogens is 528 g/mol. The second-order valence-corrected chi connectivity index (χ2v) is 12.2. The first-order valence-electron chi connectivity index (χ1n) is 15.3. The number of benzene rings is 10. The van der Waals surface area contributed by atoms with Gasteiger partial charge in [-0.3, -0.25) is 0 Å². The van der Waals surface area contributed by atoms with Crippen molar-refractivity contribution in [3.05, 3.63) is 158 Å². The van der Waals surface area contributed by atoms with Gasteiger partial charge < -0.3 is 0 Å². The van der Waals surface area contributed by atoms with Crippen molar-refractivity contribution in [3.8, 4) is 22.3 Å². The lowest BCUT2D eigenvalue weighted by Gasteiger charge is -2.14. The van der Waals surface area contributed by atoms with Gasteiger partial charge in [0, 0.05) is 0 Å². The van der Waals surface area contributed by atoms with Crippen LogP contribution in [0.3, 0.4) is 0 Å². The van der Waals surface area contributed by atoms with Crippen LogP contribution in [0.15, 0.2) is 158 Å². The van der Waals surface area contributed by atoms with Gasteiger partial charge in [0.1, 0.15) is 0 Å². The van der Waals surface area contributed by atoms with Crippen molar-refractivity contribution < 1.29 is 0 Å². The third kappa shape index (κ3) is 3.46. The van der Waals surface area contributed by atoms with Gasteiger partial charge in [-0.2, -0.15) is 0 Å². The minimum absolute atomic E-state index is 1.25. The van der Waals surface area contributed by atoms with Gasteiger partial charge in [-0.1, -0.05) is 127 Å². The van der Waals surface area contributed by atoms with Crippen molar-refractivity contribution in [3.63, 3.8) is 0 Å². The van der Waals surface area contributed by atoms with Gasteiger partial charge >= 0.3 is 0 Å². The third-order valence-electron chi connectivity index (χ3n) is 9.72. The van der Waals surface area contributed by atoms with E-state index >= 15 is 0 Å². The molecule has 0 unspecified atom stereocenters. The normalized spacial score (nSPS) is 12.1. The van der Waals surface area contributed by atoms with E-state index in [1.165, 1.54) is 97.7 Å². The lowest BCUT2D eigenvalue weighted by atomic mass is 9.90. The minimum atomic E-state index is 1.25. The topological polar surface area (TPSA) is 0 Å². The van der Waals surface area contributed by atoms with Crippen LogP contribution in [0, 0.1) is 0 Å². The minimum Gasteiger partial charge on any atom is -0.0616 e. The molecule has 0 nitrogen and oxygen atoms in total. The molecule has 10 rings (SSSR count). The van der Waals surface area contributed by atoms with Crippen molar-refractivity contribution in [2.24, 2.45) is 0 Å². The fraction of sp³-hybridized carbons (Fsp3) is 0. The Hall–Kier alpha value is -5.72. The molecule has 0 atom stereocenters. The Balaban J connectivity index is 1.16. The Kier molecular flexibility index (Phi) is 4.81. The van der Waals surface area contributed by atoms with E-state index in [4.69, 9.17) is 0 Å². The van der Waals surface area contributed by atoms with Gasteiger partial charge in [0.05, 0.1) is 0 Å². The Morgan fingerprint density at radius 3 is 1.25 bits per heavy atom. The lowest BCUT2D eigenvalue weighted by Crippen LogP contribution is -1.87. The molecule has 202 valence electrons. The van der Waals surface area contributed by atoms with Crippen LogP contribution in [-0.4, -0.2) is 0 Å². The predicted octanol–water partition coefficient (Wildman–Crippen LogP) is 12.5. The summed E-state index contributed by atoms with van der Waals surface area (Å²) in [7, 11) is 0. The molecule has 44 heavy (non-hydrogen) atoms. The molecule has 0 N–H and O–H groups in total. The van der Waals surface area contributed by atoms with Crippen molar-refractivity contribution in [1.82, 2.24) is 0 Å². The number of rotatable bonds is 2. The van der Waals surface area contributed by atoms with Gasteiger partial charge in [-0.05, 0) is 128 Å². The van der Waals surface area contributed by atoms with Crippen LogP contribution in [0.25, 0.3) is 97.7 Å². The summed E-state index contributed by atoms with van der Waals surface area (Å²) in [6.45, 7) is 0. The summed E-state index contributed by atoms with van der Waals surface area (Å²) in [5.41, 5.74) is 5.01. The SMILES string of the molecule is c1ccc2cc(-c3ccc4ccc5c6cc(-c7cc8ccc9cccc%10ccc(c7)c8c9%10)ccc6ccc5c4c3)ccc2c1. The molecule has 0 aliphatic rings. The Bertz CT molecular complexity index is 2700. The Labute approximate surface area is 254 Å². The van der Waals surface area contributed by atoms with E-state index in [-0.39, 0.29) is 0 Å². The fourth-order valence-electron chi connectivity index (χ4n) is 7.51. The van der Waals surface area contributed by atoms with E-state index < -0.39 is 0 Å². The van der Waals surface area contributed by atoms with Crippen molar-refractivity contribution in [2.75, 3.05) is 0 Å². The quantitative estimate of drug-likeness (QED) is 0.186. The van der Waals surface area contributed by atoms with E-state index in [9.17, 15) is 0 Å². The summed E-state index contributed by atoms with van der Waals surface area (Å²) in [5, 5.41) is 18.2. The molecule has 0 spiro atoms. The molecule has 0 radical (unpaired) electrons. The fourth-order valence-corrected chi connectivity index (χ4v) is 7.51. The third-order valence-corrected chi connectivity index (χ3v) is 9.72. The van der Waals surface area contributed by atoms with Gasteiger partial charge in [0.25, 0.3) is 0 Å². The van der Waals surface area contributed by atoms with Crippen molar-refractivity contribution in [2.45, 2.75) is 0 Å². The maximum absolute atomic E-state index is 2.39. The summed E-state index contributed by atoms with van der Waals surface area (Å²) < 4.78 is 0. The summed E-state index contributed by atoms with van der Waals surface area (Å²) >= 11 is 0. The average molecular weight is 555 g/mol. The summed E-state index contributed by atoms with van der Waals surface area (Å²) in [6.07, 6.45) is 0. The molecule has 10 aromatic carbocycles. The highest BCUT2D eigenvalue weighted by molar-refractivity contribution is 6.24. The molecule has 10 aromatic rings. The van der Waals surface area contributed by atoms with Gasteiger partial charge in [-0.25, -0.2) is 0 Å². The maximum Gasteiger partial charge on any atom is -0.00264 e. The number of fused-ring (bicyclic) bond motifs is 6. The zero-order valence-corrected chi connectivity index (χ0v) is 24.0. The van der Waals surface area contributed by atoms with Crippen LogP contribution in [0.4, 0.5) is 0 Å². The first-order valence-corrected chi connectivity index (χ1v) is 15.3. The van der Waals surface area contributed by atoms with Gasteiger partial charge in [-0.15, -0.1) is 0 Å². The molecule has 0 aromatic heterocycles. The first kappa shape index (κ1) is 23.8. The molecule has 0 amide bonds. The maximum atomic E-state index is 2.39. The van der Waals surface area contributed by atoms with Crippen molar-refractivity contribution in [1.29, 1.82) is 0 Å². The van der Waals surface area contributed by atoms with Gasteiger partial charge in [0.2, 0.25) is 0 Å². The molecule has 0 saturated carbocycles. The summed E-state index contributed by atoms with van der Waals surface area (Å²) in [5.74, 6) is 0. The highest BCUT2D eigenvalue weighted by Crippen LogP contribution is 2.39. The Morgan fingerprint density at radius 1 is 0.205 bits per heavy atom. The molecule has 0 heteroatoms. The van der Waals surface area contributed by atoms with Crippen LogP contribution in [0.1, 0.15) is 0 Å². The molecule has 0 aliphatic carbocycles. The molecule has 0 aliphatic heterocycles. The smallest absolute Gasteiger partial charge is 0.00264 e. The highest BCUT2D eigenvalue weighted by Gasteiger charge is 2.12. The number of hydrogen-bond donors (Lipinski definition) is 0. The summed E-state index contributed by atoms with van der Waals surface area (Å²) in [6, 6.07) is 58.8.